The van der Waals surface area contributed by atoms with E-state index >= 15 is 0 Å². The van der Waals surface area contributed by atoms with Gasteiger partial charge in [-0.25, -0.2) is 4.39 Å². The van der Waals surface area contributed by atoms with Crippen LogP contribution in [0.25, 0.3) is 0 Å². The Morgan fingerprint density at radius 3 is 2.82 bits per heavy atom. The van der Waals surface area contributed by atoms with E-state index in [-0.39, 0.29) is 12.4 Å². The van der Waals surface area contributed by atoms with Gasteiger partial charge in [0, 0.05) is 10.0 Å². The third-order valence-electron chi connectivity index (χ3n) is 2.24. The van der Waals surface area contributed by atoms with Gasteiger partial charge in [0.25, 0.3) is 0 Å². The average Bonchev–Trinajstić information content (AvgIpc) is 2.73. The largest absolute Gasteiger partial charge is 0.488 e. The maximum absolute atomic E-state index is 12.9. The molecule has 5 heteroatoms. The number of aliphatic hydroxyl groups excluding tert-OH is 1. The van der Waals surface area contributed by atoms with Crippen molar-refractivity contribution in [2.75, 3.05) is 0 Å². The zero-order valence-electron chi connectivity index (χ0n) is 8.82. The minimum atomic E-state index is -0.376. The van der Waals surface area contributed by atoms with Crippen LogP contribution >= 0.6 is 27.3 Å². The summed E-state index contributed by atoms with van der Waals surface area (Å²) in [7, 11) is 0. The van der Waals surface area contributed by atoms with Crippen molar-refractivity contribution >= 4 is 27.3 Å². The number of rotatable bonds is 4. The monoisotopic (exact) mass is 316 g/mol. The molecule has 0 bridgehead atoms. The number of hydrogen-bond donors (Lipinski definition) is 1. The van der Waals surface area contributed by atoms with Gasteiger partial charge in [0.15, 0.2) is 0 Å². The zero-order valence-corrected chi connectivity index (χ0v) is 11.2. The van der Waals surface area contributed by atoms with Crippen LogP contribution in [0.5, 0.6) is 5.75 Å². The first-order valence-electron chi connectivity index (χ1n) is 4.94. The van der Waals surface area contributed by atoms with Crippen LogP contribution in [0.1, 0.15) is 10.4 Å². The summed E-state index contributed by atoms with van der Waals surface area (Å²) < 4.78 is 19.5. The van der Waals surface area contributed by atoms with Crippen LogP contribution in [0.4, 0.5) is 4.39 Å². The van der Waals surface area contributed by atoms with Gasteiger partial charge in [0.1, 0.15) is 18.2 Å². The molecular weight excluding hydrogens is 307 g/mol. The minimum Gasteiger partial charge on any atom is -0.488 e. The Bertz CT molecular complexity index is 513. The second-order valence-corrected chi connectivity index (χ2v) is 5.25. The summed E-state index contributed by atoms with van der Waals surface area (Å²) in [4.78, 5) is 1.05. The van der Waals surface area contributed by atoms with Gasteiger partial charge in [-0.05, 0) is 45.6 Å². The summed E-state index contributed by atoms with van der Waals surface area (Å²) >= 11 is 4.99. The summed E-state index contributed by atoms with van der Waals surface area (Å²) in [5.41, 5.74) is 0.456. The Morgan fingerprint density at radius 1 is 1.35 bits per heavy atom. The van der Waals surface area contributed by atoms with E-state index in [0.717, 1.165) is 9.35 Å². The summed E-state index contributed by atoms with van der Waals surface area (Å²) in [6, 6.07) is 6.07. The van der Waals surface area contributed by atoms with E-state index in [1.54, 1.807) is 11.3 Å². The summed E-state index contributed by atoms with van der Waals surface area (Å²) in [5, 5.41) is 11.1. The Morgan fingerprint density at radius 2 is 2.18 bits per heavy atom. The summed E-state index contributed by atoms with van der Waals surface area (Å²) in [6.07, 6.45) is 0. The number of ether oxygens (including phenoxy) is 1. The van der Waals surface area contributed by atoms with Crippen molar-refractivity contribution < 1.29 is 14.2 Å². The van der Waals surface area contributed by atoms with Crippen molar-refractivity contribution in [2.45, 2.75) is 13.2 Å². The molecule has 0 aliphatic heterocycles. The van der Waals surface area contributed by atoms with Crippen molar-refractivity contribution in [3.8, 4) is 5.75 Å². The third-order valence-corrected chi connectivity index (χ3v) is 4.14. The van der Waals surface area contributed by atoms with E-state index in [4.69, 9.17) is 9.84 Å². The zero-order chi connectivity index (χ0) is 12.3. The van der Waals surface area contributed by atoms with Crippen LogP contribution in [0.15, 0.2) is 34.1 Å². The van der Waals surface area contributed by atoms with Gasteiger partial charge in [-0.2, -0.15) is 0 Å². The maximum Gasteiger partial charge on any atom is 0.125 e. The molecule has 2 nitrogen and oxygen atoms in total. The molecule has 0 saturated carbocycles. The van der Waals surface area contributed by atoms with Gasteiger partial charge in [-0.3, -0.25) is 0 Å². The van der Waals surface area contributed by atoms with Crippen molar-refractivity contribution in [1.29, 1.82) is 0 Å². The molecule has 1 aromatic heterocycles. The fourth-order valence-electron chi connectivity index (χ4n) is 1.38. The second-order valence-electron chi connectivity index (χ2n) is 3.39. The number of benzene rings is 1. The molecule has 0 spiro atoms. The standard InChI is InChI=1S/C12H10BrFO2S/c13-10-3-4-17-12(10)7-16-11-2-1-9(14)5-8(11)6-15/h1-5,15H,6-7H2. The van der Waals surface area contributed by atoms with Crippen LogP contribution in [-0.2, 0) is 13.2 Å². The molecule has 0 unspecified atom stereocenters. The van der Waals surface area contributed by atoms with Gasteiger partial charge >= 0.3 is 0 Å². The molecule has 0 atom stereocenters. The Balaban J connectivity index is 2.11. The van der Waals surface area contributed by atoms with Crippen LogP contribution in [0.2, 0.25) is 0 Å². The molecule has 1 aromatic carbocycles. The smallest absolute Gasteiger partial charge is 0.125 e. The highest BCUT2D eigenvalue weighted by Gasteiger charge is 2.07. The third kappa shape index (κ3) is 3.06. The fraction of sp³-hybridized carbons (Fsp3) is 0.167. The highest BCUT2D eigenvalue weighted by Crippen LogP contribution is 2.26. The van der Waals surface area contributed by atoms with Gasteiger partial charge in [0.2, 0.25) is 0 Å². The number of thiophene rings is 1. The van der Waals surface area contributed by atoms with E-state index in [2.05, 4.69) is 15.9 Å². The van der Waals surface area contributed by atoms with Gasteiger partial charge in [0.05, 0.1) is 11.5 Å². The molecule has 1 N–H and O–H groups in total. The number of aliphatic hydroxyl groups is 1. The lowest BCUT2D eigenvalue weighted by molar-refractivity contribution is 0.259. The summed E-state index contributed by atoms with van der Waals surface area (Å²) in [5.74, 6) is 0.132. The van der Waals surface area contributed by atoms with E-state index in [1.807, 2.05) is 11.4 Å². The Labute approximate surface area is 111 Å². The predicted octanol–water partition coefficient (Wildman–Crippen LogP) is 3.72. The molecular formula is C12H10BrFO2S. The van der Waals surface area contributed by atoms with Gasteiger partial charge < -0.3 is 9.84 Å². The molecule has 0 aliphatic carbocycles. The van der Waals surface area contributed by atoms with E-state index in [9.17, 15) is 4.39 Å². The SMILES string of the molecule is OCc1cc(F)ccc1OCc1sccc1Br. The molecule has 1 heterocycles. The predicted molar refractivity (Wildman–Crippen MR) is 68.7 cm³/mol. The first-order valence-corrected chi connectivity index (χ1v) is 6.62. The lowest BCUT2D eigenvalue weighted by Crippen LogP contribution is -1.98. The van der Waals surface area contributed by atoms with Gasteiger partial charge in [-0.1, -0.05) is 0 Å². The lowest BCUT2D eigenvalue weighted by atomic mass is 10.2. The van der Waals surface area contributed by atoms with Crippen LogP contribution in [0.3, 0.4) is 0 Å². The Kier molecular flexibility index (Phi) is 4.15. The van der Waals surface area contributed by atoms with Crippen LogP contribution in [0, 0.1) is 5.82 Å². The van der Waals surface area contributed by atoms with Crippen molar-refractivity contribution in [3.05, 3.63) is 50.4 Å². The molecule has 2 aromatic rings. The molecule has 0 fully saturated rings. The Hall–Kier alpha value is -0.910. The highest BCUT2D eigenvalue weighted by atomic mass is 79.9. The summed E-state index contributed by atoms with van der Waals surface area (Å²) in [6.45, 7) is 0.162. The first kappa shape index (κ1) is 12.5. The van der Waals surface area contributed by atoms with Crippen LogP contribution in [-0.4, -0.2) is 5.11 Å². The molecule has 0 aliphatic rings. The van der Waals surface area contributed by atoms with E-state index in [1.165, 1.54) is 18.2 Å². The second kappa shape index (κ2) is 5.62. The molecule has 90 valence electrons. The molecule has 0 amide bonds. The topological polar surface area (TPSA) is 29.5 Å². The van der Waals surface area contributed by atoms with Gasteiger partial charge in [-0.15, -0.1) is 11.3 Å². The highest BCUT2D eigenvalue weighted by molar-refractivity contribution is 9.10. The number of hydrogen-bond acceptors (Lipinski definition) is 3. The molecule has 17 heavy (non-hydrogen) atoms. The van der Waals surface area contributed by atoms with Crippen molar-refractivity contribution in [2.24, 2.45) is 0 Å². The average molecular weight is 317 g/mol. The lowest BCUT2D eigenvalue weighted by Gasteiger charge is -2.09. The van der Waals surface area contributed by atoms with E-state index < -0.39 is 0 Å². The molecule has 0 radical (unpaired) electrons. The van der Waals surface area contributed by atoms with Crippen molar-refractivity contribution in [3.63, 3.8) is 0 Å². The number of halogens is 2. The normalized spacial score (nSPS) is 10.5. The fourth-order valence-corrected chi connectivity index (χ4v) is 2.76. The first-order chi connectivity index (χ1) is 8.20. The quantitative estimate of drug-likeness (QED) is 0.931. The molecule has 2 rings (SSSR count). The molecule has 0 saturated heterocycles. The minimum absolute atomic E-state index is 0.237. The van der Waals surface area contributed by atoms with Crippen molar-refractivity contribution in [1.82, 2.24) is 0 Å². The van der Waals surface area contributed by atoms with Crippen LogP contribution < -0.4 is 4.74 Å². The van der Waals surface area contributed by atoms with E-state index in [0.29, 0.717) is 17.9 Å². The maximum atomic E-state index is 12.9.